The molecule has 0 bridgehead atoms. The van der Waals surface area contributed by atoms with E-state index in [9.17, 15) is 10.5 Å². The predicted octanol–water partition coefficient (Wildman–Crippen LogP) is 8.44. The Balaban J connectivity index is 1.51. The van der Waals surface area contributed by atoms with Crippen LogP contribution >= 0.6 is 11.8 Å². The number of nitriles is 2. The molecule has 36 heavy (non-hydrogen) atoms. The molecular formula is C32H23N3S. The summed E-state index contributed by atoms with van der Waals surface area (Å²) in [5.41, 5.74) is 7.42. The van der Waals surface area contributed by atoms with Gasteiger partial charge in [0, 0.05) is 16.3 Å². The Morgan fingerprint density at radius 2 is 1.14 bits per heavy atom. The fraction of sp³-hybridized carbons (Fsp3) is 0.0625. The lowest BCUT2D eigenvalue weighted by Crippen LogP contribution is -2.20. The first-order valence-electron chi connectivity index (χ1n) is 11.8. The van der Waals surface area contributed by atoms with Crippen LogP contribution in [0.5, 0.6) is 0 Å². The maximum Gasteiger partial charge on any atom is 0.0998 e. The highest BCUT2D eigenvalue weighted by molar-refractivity contribution is 7.99. The van der Waals surface area contributed by atoms with E-state index in [2.05, 4.69) is 60.4 Å². The number of hydrogen-bond acceptors (Lipinski definition) is 4. The van der Waals surface area contributed by atoms with Crippen LogP contribution < -0.4 is 4.90 Å². The number of fused-ring (bicyclic) bond motifs is 2. The molecule has 0 unspecified atom stereocenters. The second-order valence-electron chi connectivity index (χ2n) is 8.37. The van der Waals surface area contributed by atoms with Gasteiger partial charge in [-0.1, -0.05) is 84.6 Å². The smallest absolute Gasteiger partial charge is 0.0998 e. The van der Waals surface area contributed by atoms with Crippen molar-refractivity contribution in [1.29, 1.82) is 10.5 Å². The molecule has 0 saturated heterocycles. The van der Waals surface area contributed by atoms with Gasteiger partial charge in [0.15, 0.2) is 0 Å². The molecule has 0 aliphatic carbocycles. The summed E-state index contributed by atoms with van der Waals surface area (Å²) in [7, 11) is 0. The molecule has 0 fully saturated rings. The van der Waals surface area contributed by atoms with E-state index in [1.54, 1.807) is 11.8 Å². The van der Waals surface area contributed by atoms with Gasteiger partial charge in [0.1, 0.15) is 0 Å². The van der Waals surface area contributed by atoms with Gasteiger partial charge >= 0.3 is 0 Å². The molecule has 4 aromatic carbocycles. The van der Waals surface area contributed by atoms with Crippen molar-refractivity contribution in [3.8, 4) is 12.1 Å². The molecule has 0 aromatic heterocycles. The Labute approximate surface area is 216 Å². The largest absolute Gasteiger partial charge is 0.340 e. The molecule has 5 rings (SSSR count). The lowest BCUT2D eigenvalue weighted by molar-refractivity contribution is 0.978. The van der Waals surface area contributed by atoms with Gasteiger partial charge in [-0.15, -0.1) is 0 Å². The van der Waals surface area contributed by atoms with Crippen LogP contribution in [0.2, 0.25) is 0 Å². The van der Waals surface area contributed by atoms with E-state index in [0.29, 0.717) is 11.1 Å². The standard InChI is InChI=1S/C32H23N3S/c1-2-35-29-15-13-23(17-27(21-33)25-9-5-3-6-10-25)19-31(29)36-32-20-24(14-16-30(32)35)18-28(22-34)26-11-7-4-8-12-26/h3-20H,2H2,1H3/b27-17+,28-18+. The van der Waals surface area contributed by atoms with Crippen molar-refractivity contribution in [3.63, 3.8) is 0 Å². The average Bonchev–Trinajstić information content (AvgIpc) is 2.94. The van der Waals surface area contributed by atoms with E-state index in [4.69, 9.17) is 0 Å². The first-order chi connectivity index (χ1) is 17.7. The summed E-state index contributed by atoms with van der Waals surface area (Å²) in [6.07, 6.45) is 3.89. The van der Waals surface area contributed by atoms with Gasteiger partial charge in [0.2, 0.25) is 0 Å². The van der Waals surface area contributed by atoms with Crippen LogP contribution in [0.25, 0.3) is 23.3 Å². The van der Waals surface area contributed by atoms with E-state index in [1.165, 1.54) is 0 Å². The normalized spacial score (nSPS) is 12.8. The van der Waals surface area contributed by atoms with Crippen molar-refractivity contribution in [2.75, 3.05) is 11.4 Å². The minimum atomic E-state index is 0.640. The minimum Gasteiger partial charge on any atom is -0.340 e. The molecule has 0 amide bonds. The minimum absolute atomic E-state index is 0.640. The zero-order valence-corrected chi connectivity index (χ0v) is 20.7. The van der Waals surface area contributed by atoms with E-state index in [0.717, 1.165) is 50.0 Å². The molecule has 4 heteroatoms. The maximum absolute atomic E-state index is 9.73. The van der Waals surface area contributed by atoms with Gasteiger partial charge in [0.05, 0.1) is 34.7 Å². The molecular weight excluding hydrogens is 458 g/mol. The van der Waals surface area contributed by atoms with E-state index < -0.39 is 0 Å². The van der Waals surface area contributed by atoms with Crippen LogP contribution in [0.3, 0.4) is 0 Å². The zero-order chi connectivity index (χ0) is 24.9. The molecule has 1 aliphatic heterocycles. The summed E-state index contributed by atoms with van der Waals surface area (Å²) in [5.74, 6) is 0. The van der Waals surface area contributed by atoms with Crippen LogP contribution in [0.4, 0.5) is 11.4 Å². The van der Waals surface area contributed by atoms with Crippen molar-refractivity contribution < 1.29 is 0 Å². The first-order valence-corrected chi connectivity index (χ1v) is 12.6. The van der Waals surface area contributed by atoms with Crippen molar-refractivity contribution >= 4 is 46.4 Å². The molecule has 0 atom stereocenters. The molecule has 3 nitrogen and oxygen atoms in total. The Morgan fingerprint density at radius 3 is 1.53 bits per heavy atom. The molecule has 0 N–H and O–H groups in total. The van der Waals surface area contributed by atoms with E-state index >= 15 is 0 Å². The van der Waals surface area contributed by atoms with Gasteiger partial charge in [0.25, 0.3) is 0 Å². The second kappa shape index (κ2) is 10.4. The summed E-state index contributed by atoms with van der Waals surface area (Å²) in [4.78, 5) is 4.61. The summed E-state index contributed by atoms with van der Waals surface area (Å²) in [6, 6.07) is 36.9. The third-order valence-electron chi connectivity index (χ3n) is 6.12. The van der Waals surface area contributed by atoms with Crippen LogP contribution in [0, 0.1) is 22.7 Å². The third kappa shape index (κ3) is 4.68. The number of benzene rings is 4. The quantitative estimate of drug-likeness (QED) is 0.212. The topological polar surface area (TPSA) is 50.8 Å². The monoisotopic (exact) mass is 481 g/mol. The molecule has 4 aromatic rings. The van der Waals surface area contributed by atoms with Crippen molar-refractivity contribution in [3.05, 3.63) is 119 Å². The molecule has 172 valence electrons. The Bertz CT molecular complexity index is 1440. The first kappa shape index (κ1) is 23.2. The SMILES string of the molecule is CCN1c2ccc(/C=C(\C#N)c3ccccc3)cc2Sc2cc(/C=C(\C#N)c3ccccc3)ccc21. The maximum atomic E-state index is 9.73. The number of anilines is 2. The second-order valence-corrected chi connectivity index (χ2v) is 9.46. The third-order valence-corrected chi connectivity index (χ3v) is 7.21. The Kier molecular flexibility index (Phi) is 6.72. The number of allylic oxidation sites excluding steroid dienone is 2. The summed E-state index contributed by atoms with van der Waals surface area (Å²) < 4.78 is 0. The number of hydrogen-bond donors (Lipinski definition) is 0. The zero-order valence-electron chi connectivity index (χ0n) is 19.8. The van der Waals surface area contributed by atoms with Gasteiger partial charge in [-0.2, -0.15) is 10.5 Å². The van der Waals surface area contributed by atoms with Crippen molar-refractivity contribution in [2.24, 2.45) is 0 Å². The average molecular weight is 482 g/mol. The van der Waals surface area contributed by atoms with Gasteiger partial charge in [-0.3, -0.25) is 0 Å². The summed E-state index contributed by atoms with van der Waals surface area (Å²) >= 11 is 1.72. The highest BCUT2D eigenvalue weighted by Gasteiger charge is 2.23. The van der Waals surface area contributed by atoms with Gasteiger partial charge in [-0.05, 0) is 65.6 Å². The Morgan fingerprint density at radius 1 is 0.694 bits per heavy atom. The fourth-order valence-electron chi connectivity index (χ4n) is 4.37. The molecule has 1 aliphatic rings. The van der Waals surface area contributed by atoms with E-state index in [1.807, 2.05) is 72.8 Å². The van der Waals surface area contributed by atoms with E-state index in [-0.39, 0.29) is 0 Å². The Hall–Kier alpha value is -4.51. The summed E-state index contributed by atoms with van der Waals surface area (Å²) in [6.45, 7) is 2.99. The van der Waals surface area contributed by atoms with Crippen LogP contribution in [0.15, 0.2) is 107 Å². The van der Waals surface area contributed by atoms with Crippen molar-refractivity contribution in [1.82, 2.24) is 0 Å². The van der Waals surface area contributed by atoms with Gasteiger partial charge in [-0.25, -0.2) is 0 Å². The number of nitrogens with zero attached hydrogens (tertiary/aromatic N) is 3. The molecule has 1 heterocycles. The highest BCUT2D eigenvalue weighted by Crippen LogP contribution is 2.49. The van der Waals surface area contributed by atoms with Crippen molar-refractivity contribution in [2.45, 2.75) is 16.7 Å². The van der Waals surface area contributed by atoms with Crippen LogP contribution in [-0.2, 0) is 0 Å². The van der Waals surface area contributed by atoms with Crippen LogP contribution in [0.1, 0.15) is 29.2 Å². The lowest BCUT2D eigenvalue weighted by atomic mass is 10.0. The lowest BCUT2D eigenvalue weighted by Gasteiger charge is -2.32. The molecule has 0 spiro atoms. The predicted molar refractivity (Wildman–Crippen MR) is 150 cm³/mol. The number of rotatable bonds is 5. The molecule has 0 radical (unpaired) electrons. The highest BCUT2D eigenvalue weighted by atomic mass is 32.2. The van der Waals surface area contributed by atoms with Crippen LogP contribution in [-0.4, -0.2) is 6.54 Å². The summed E-state index contributed by atoms with van der Waals surface area (Å²) in [5, 5.41) is 19.5. The van der Waals surface area contributed by atoms with Gasteiger partial charge < -0.3 is 4.90 Å². The molecule has 0 saturated carbocycles. The fourth-order valence-corrected chi connectivity index (χ4v) is 5.56.